The van der Waals surface area contributed by atoms with Crippen LogP contribution in [0.2, 0.25) is 0 Å². The van der Waals surface area contributed by atoms with E-state index in [0.29, 0.717) is 13.2 Å². The minimum Gasteiger partial charge on any atom is -0.466 e. The van der Waals surface area contributed by atoms with Crippen LogP contribution in [0.5, 0.6) is 0 Å². The number of nitrogens with zero attached hydrogens (tertiary/aromatic N) is 5. The Morgan fingerprint density at radius 3 is 2.96 bits per heavy atom. The van der Waals surface area contributed by atoms with Crippen LogP contribution in [-0.4, -0.2) is 45.4 Å². The molecule has 0 amide bonds. The molecule has 0 spiro atoms. The summed E-state index contributed by atoms with van der Waals surface area (Å²) in [6.45, 7) is 8.57. The van der Waals surface area contributed by atoms with Crippen LogP contribution in [0.1, 0.15) is 32.4 Å². The Bertz CT molecular complexity index is 712. The van der Waals surface area contributed by atoms with Gasteiger partial charge in [-0.2, -0.15) is 5.10 Å². The summed E-state index contributed by atoms with van der Waals surface area (Å²) in [6, 6.07) is 0. The largest absolute Gasteiger partial charge is 0.466 e. The van der Waals surface area contributed by atoms with Crippen LogP contribution in [0.15, 0.2) is 6.33 Å². The van der Waals surface area contributed by atoms with Gasteiger partial charge in [0.05, 0.1) is 18.2 Å². The molecular weight excluding hydrogens is 294 g/mol. The molecule has 7 nitrogen and oxygen atoms in total. The lowest BCUT2D eigenvalue weighted by atomic mass is 9.98. The second-order valence-electron chi connectivity index (χ2n) is 5.83. The van der Waals surface area contributed by atoms with Crippen LogP contribution in [0.4, 0.5) is 5.82 Å². The maximum Gasteiger partial charge on any atom is 0.310 e. The van der Waals surface area contributed by atoms with Crippen molar-refractivity contribution in [3.05, 3.63) is 12.0 Å². The standard InChI is InChI=1S/C16H23N5O2/c1-4-21-14-13(11(3)19-21)17-10-18-15(14)20-8-6-7-12(9-20)16(22)23-5-2/h10,12H,4-9H2,1-3H3. The number of fused-ring (bicyclic) bond motifs is 1. The molecule has 3 heterocycles. The second-order valence-corrected chi connectivity index (χ2v) is 5.83. The van der Waals surface area contributed by atoms with E-state index < -0.39 is 0 Å². The molecule has 0 radical (unpaired) electrons. The molecule has 0 N–H and O–H groups in total. The van der Waals surface area contributed by atoms with Gasteiger partial charge in [-0.25, -0.2) is 9.97 Å². The molecule has 1 aliphatic heterocycles. The SMILES string of the molecule is CCOC(=O)C1CCCN(c2ncnc3c(C)nn(CC)c23)C1. The zero-order valence-corrected chi connectivity index (χ0v) is 13.9. The van der Waals surface area contributed by atoms with E-state index >= 15 is 0 Å². The van der Waals surface area contributed by atoms with E-state index in [4.69, 9.17) is 4.74 Å². The number of anilines is 1. The first-order valence-electron chi connectivity index (χ1n) is 8.25. The maximum absolute atomic E-state index is 12.1. The van der Waals surface area contributed by atoms with Gasteiger partial charge in [-0.3, -0.25) is 9.48 Å². The summed E-state index contributed by atoms with van der Waals surface area (Å²) < 4.78 is 7.12. The van der Waals surface area contributed by atoms with Crippen LogP contribution in [0.25, 0.3) is 11.0 Å². The van der Waals surface area contributed by atoms with Crippen molar-refractivity contribution in [3.8, 4) is 0 Å². The van der Waals surface area contributed by atoms with Crippen LogP contribution in [0.3, 0.4) is 0 Å². The summed E-state index contributed by atoms with van der Waals surface area (Å²) in [6.07, 6.45) is 3.41. The van der Waals surface area contributed by atoms with E-state index in [1.54, 1.807) is 6.33 Å². The Balaban J connectivity index is 1.95. The van der Waals surface area contributed by atoms with Gasteiger partial charge >= 0.3 is 5.97 Å². The quantitative estimate of drug-likeness (QED) is 0.802. The van der Waals surface area contributed by atoms with Gasteiger partial charge in [-0.15, -0.1) is 0 Å². The summed E-state index contributed by atoms with van der Waals surface area (Å²) in [7, 11) is 0. The maximum atomic E-state index is 12.1. The first kappa shape index (κ1) is 15.7. The molecule has 23 heavy (non-hydrogen) atoms. The number of hydrogen-bond acceptors (Lipinski definition) is 6. The molecule has 2 aromatic heterocycles. The molecule has 0 aromatic carbocycles. The molecular formula is C16H23N5O2. The van der Waals surface area contributed by atoms with Crippen molar-refractivity contribution in [1.29, 1.82) is 0 Å². The fraction of sp³-hybridized carbons (Fsp3) is 0.625. The number of piperidine rings is 1. The molecule has 3 rings (SSSR count). The Morgan fingerprint density at radius 2 is 2.22 bits per heavy atom. The number of aryl methyl sites for hydroxylation is 2. The lowest BCUT2D eigenvalue weighted by Gasteiger charge is -2.32. The Kier molecular flexibility index (Phi) is 4.45. The molecule has 1 saturated heterocycles. The average Bonchev–Trinajstić information content (AvgIpc) is 2.92. The zero-order chi connectivity index (χ0) is 16.4. The summed E-state index contributed by atoms with van der Waals surface area (Å²) in [5.74, 6) is 0.668. The van der Waals surface area contributed by atoms with Gasteiger partial charge in [0.15, 0.2) is 5.82 Å². The zero-order valence-electron chi connectivity index (χ0n) is 13.9. The Morgan fingerprint density at radius 1 is 1.39 bits per heavy atom. The number of aromatic nitrogens is 4. The molecule has 1 aliphatic rings. The molecule has 1 atom stereocenters. The molecule has 2 aromatic rings. The number of carbonyl (C=O) groups excluding carboxylic acids is 1. The summed E-state index contributed by atoms with van der Waals surface area (Å²) in [4.78, 5) is 23.1. The number of esters is 1. The highest BCUT2D eigenvalue weighted by atomic mass is 16.5. The van der Waals surface area contributed by atoms with E-state index in [9.17, 15) is 4.79 Å². The monoisotopic (exact) mass is 317 g/mol. The van der Waals surface area contributed by atoms with Crippen molar-refractivity contribution >= 4 is 22.8 Å². The predicted octanol–water partition coefficient (Wildman–Crippen LogP) is 1.93. The van der Waals surface area contributed by atoms with Gasteiger partial charge in [-0.1, -0.05) is 0 Å². The van der Waals surface area contributed by atoms with Gasteiger partial charge in [0.2, 0.25) is 0 Å². The fourth-order valence-corrected chi connectivity index (χ4v) is 3.23. The molecule has 0 saturated carbocycles. The molecule has 7 heteroatoms. The van der Waals surface area contributed by atoms with Crippen LogP contribution in [0, 0.1) is 12.8 Å². The fourth-order valence-electron chi connectivity index (χ4n) is 3.23. The van der Waals surface area contributed by atoms with Gasteiger partial charge in [0.25, 0.3) is 0 Å². The normalized spacial score (nSPS) is 18.4. The smallest absolute Gasteiger partial charge is 0.310 e. The molecule has 124 valence electrons. The van der Waals surface area contributed by atoms with E-state index in [1.165, 1.54) is 0 Å². The van der Waals surface area contributed by atoms with E-state index in [1.807, 2.05) is 18.5 Å². The van der Waals surface area contributed by atoms with Crippen LogP contribution in [-0.2, 0) is 16.1 Å². The molecule has 1 unspecified atom stereocenters. The third-order valence-corrected chi connectivity index (χ3v) is 4.31. The highest BCUT2D eigenvalue weighted by Crippen LogP contribution is 2.29. The summed E-state index contributed by atoms with van der Waals surface area (Å²) in [5.41, 5.74) is 2.75. The Labute approximate surface area is 135 Å². The van der Waals surface area contributed by atoms with Gasteiger partial charge in [-0.05, 0) is 33.6 Å². The molecule has 0 aliphatic carbocycles. The van der Waals surface area contributed by atoms with E-state index in [2.05, 4.69) is 26.9 Å². The van der Waals surface area contributed by atoms with Gasteiger partial charge in [0.1, 0.15) is 17.4 Å². The molecule has 1 fully saturated rings. The first-order valence-corrected chi connectivity index (χ1v) is 8.25. The van der Waals surface area contributed by atoms with Crippen molar-refractivity contribution in [3.63, 3.8) is 0 Å². The van der Waals surface area contributed by atoms with Crippen molar-refractivity contribution in [2.75, 3.05) is 24.6 Å². The number of ether oxygens (including phenoxy) is 1. The van der Waals surface area contributed by atoms with Crippen molar-refractivity contribution in [2.24, 2.45) is 5.92 Å². The minimum atomic E-state index is -0.109. The third kappa shape index (κ3) is 2.87. The summed E-state index contributed by atoms with van der Waals surface area (Å²) in [5, 5.41) is 4.54. The van der Waals surface area contributed by atoms with Crippen molar-refractivity contribution < 1.29 is 9.53 Å². The lowest BCUT2D eigenvalue weighted by Crippen LogP contribution is -2.40. The number of rotatable bonds is 4. The van der Waals surface area contributed by atoms with Gasteiger partial charge in [0, 0.05) is 19.6 Å². The highest BCUT2D eigenvalue weighted by molar-refractivity contribution is 5.88. The predicted molar refractivity (Wildman–Crippen MR) is 87.3 cm³/mol. The van der Waals surface area contributed by atoms with Crippen molar-refractivity contribution in [1.82, 2.24) is 19.7 Å². The van der Waals surface area contributed by atoms with E-state index in [0.717, 1.165) is 48.5 Å². The highest BCUT2D eigenvalue weighted by Gasteiger charge is 2.29. The van der Waals surface area contributed by atoms with E-state index in [-0.39, 0.29) is 11.9 Å². The first-order chi connectivity index (χ1) is 11.2. The third-order valence-electron chi connectivity index (χ3n) is 4.31. The minimum absolute atomic E-state index is 0.0900. The summed E-state index contributed by atoms with van der Waals surface area (Å²) >= 11 is 0. The Hall–Kier alpha value is -2.18. The topological polar surface area (TPSA) is 73.1 Å². The average molecular weight is 317 g/mol. The number of hydrogen-bond donors (Lipinski definition) is 0. The van der Waals surface area contributed by atoms with Crippen LogP contribution < -0.4 is 4.90 Å². The van der Waals surface area contributed by atoms with Gasteiger partial charge < -0.3 is 9.64 Å². The number of carbonyl (C=O) groups is 1. The van der Waals surface area contributed by atoms with Crippen molar-refractivity contribution in [2.45, 2.75) is 40.2 Å². The van der Waals surface area contributed by atoms with Crippen LogP contribution >= 0.6 is 0 Å². The molecule has 0 bridgehead atoms. The second kappa shape index (κ2) is 6.52. The lowest BCUT2D eigenvalue weighted by molar-refractivity contribution is -0.148.